The third-order valence-electron chi connectivity index (χ3n) is 4.80. The number of fused-ring (bicyclic) bond motifs is 1. The quantitative estimate of drug-likeness (QED) is 0.431. The first kappa shape index (κ1) is 16.2. The van der Waals surface area contributed by atoms with E-state index in [-0.39, 0.29) is 0 Å². The Morgan fingerprint density at radius 3 is 1.85 bits per heavy atom. The molecule has 26 heavy (non-hydrogen) atoms. The molecule has 0 aliphatic heterocycles. The number of rotatable bonds is 3. The highest BCUT2D eigenvalue weighted by atomic mass is 15.1. The first-order valence-electron chi connectivity index (χ1n) is 8.84. The summed E-state index contributed by atoms with van der Waals surface area (Å²) in [5.74, 6) is 0. The van der Waals surface area contributed by atoms with Gasteiger partial charge in [0.2, 0.25) is 0 Å². The third kappa shape index (κ3) is 2.91. The molecule has 0 atom stereocenters. The maximum absolute atomic E-state index is 5.92. The van der Waals surface area contributed by atoms with Crippen LogP contribution in [0, 0.1) is 13.8 Å². The molecule has 2 nitrogen and oxygen atoms in total. The van der Waals surface area contributed by atoms with Crippen molar-refractivity contribution in [1.29, 1.82) is 0 Å². The van der Waals surface area contributed by atoms with E-state index in [2.05, 4.69) is 91.5 Å². The van der Waals surface area contributed by atoms with Crippen LogP contribution >= 0.6 is 0 Å². The zero-order chi connectivity index (χ0) is 18.1. The van der Waals surface area contributed by atoms with Crippen LogP contribution in [0.25, 0.3) is 10.8 Å². The zero-order valence-electron chi connectivity index (χ0n) is 15.1. The van der Waals surface area contributed by atoms with Crippen LogP contribution in [-0.2, 0) is 0 Å². The van der Waals surface area contributed by atoms with E-state index in [0.717, 1.165) is 17.1 Å². The summed E-state index contributed by atoms with van der Waals surface area (Å²) >= 11 is 0. The van der Waals surface area contributed by atoms with Gasteiger partial charge >= 0.3 is 0 Å². The van der Waals surface area contributed by atoms with Gasteiger partial charge in [0.1, 0.15) is 0 Å². The van der Waals surface area contributed by atoms with Crippen LogP contribution in [0.15, 0.2) is 84.9 Å². The molecule has 0 aliphatic carbocycles. The highest BCUT2D eigenvalue weighted by Gasteiger charge is 2.15. The summed E-state index contributed by atoms with van der Waals surface area (Å²) in [6, 6.07) is 29.6. The number of nitrogens with zero attached hydrogens (tertiary/aromatic N) is 1. The molecule has 4 aromatic carbocycles. The van der Waals surface area contributed by atoms with Crippen LogP contribution in [0.4, 0.5) is 22.7 Å². The van der Waals surface area contributed by atoms with Crippen molar-refractivity contribution in [3.05, 3.63) is 96.1 Å². The lowest BCUT2D eigenvalue weighted by atomic mass is 10.0. The predicted octanol–water partition coefficient (Wildman–Crippen LogP) is 6.51. The van der Waals surface area contributed by atoms with Gasteiger partial charge in [-0.05, 0) is 67.3 Å². The molecule has 128 valence electrons. The van der Waals surface area contributed by atoms with Gasteiger partial charge < -0.3 is 10.6 Å². The van der Waals surface area contributed by atoms with Crippen molar-refractivity contribution in [2.45, 2.75) is 13.8 Å². The summed E-state index contributed by atoms with van der Waals surface area (Å²) in [5.41, 5.74) is 12.6. The summed E-state index contributed by atoms with van der Waals surface area (Å²) in [7, 11) is 0. The van der Waals surface area contributed by atoms with Crippen LogP contribution < -0.4 is 10.6 Å². The van der Waals surface area contributed by atoms with Gasteiger partial charge in [-0.25, -0.2) is 0 Å². The molecule has 0 radical (unpaired) electrons. The molecule has 4 rings (SSSR count). The van der Waals surface area contributed by atoms with E-state index >= 15 is 0 Å². The molecule has 0 spiro atoms. The fourth-order valence-electron chi connectivity index (χ4n) is 3.37. The molecule has 2 heteroatoms. The Morgan fingerprint density at radius 1 is 0.615 bits per heavy atom. The van der Waals surface area contributed by atoms with E-state index < -0.39 is 0 Å². The Hall–Kier alpha value is -3.26. The van der Waals surface area contributed by atoms with E-state index in [1.165, 1.54) is 27.6 Å². The van der Waals surface area contributed by atoms with Crippen LogP contribution in [-0.4, -0.2) is 0 Å². The minimum Gasteiger partial charge on any atom is -0.399 e. The fraction of sp³-hybridized carbons (Fsp3) is 0.0833. The van der Waals surface area contributed by atoms with E-state index in [1.807, 2.05) is 12.1 Å². The molecule has 4 aromatic rings. The molecule has 0 unspecified atom stereocenters. The number of nitrogen functional groups attached to an aromatic ring is 1. The van der Waals surface area contributed by atoms with Gasteiger partial charge in [0.15, 0.2) is 0 Å². The first-order valence-corrected chi connectivity index (χ1v) is 8.84. The lowest BCUT2D eigenvalue weighted by Gasteiger charge is -2.27. The van der Waals surface area contributed by atoms with Gasteiger partial charge in [0.05, 0.1) is 5.69 Å². The second-order valence-corrected chi connectivity index (χ2v) is 6.71. The van der Waals surface area contributed by atoms with E-state index in [9.17, 15) is 0 Å². The number of aryl methyl sites for hydroxylation is 2. The van der Waals surface area contributed by atoms with Crippen molar-refractivity contribution >= 4 is 33.5 Å². The standard InChI is InChI=1S/C24H22N2/c1-17-7-12-20(13-8-17)26(21-14-10-19(25)11-15-21)24-16-9-18(2)22-5-3-4-6-23(22)24/h3-16H,25H2,1-2H3. The highest BCUT2D eigenvalue weighted by Crippen LogP contribution is 2.39. The van der Waals surface area contributed by atoms with E-state index in [1.54, 1.807) is 0 Å². The van der Waals surface area contributed by atoms with Gasteiger partial charge in [0.25, 0.3) is 0 Å². The summed E-state index contributed by atoms with van der Waals surface area (Å²) in [4.78, 5) is 2.29. The van der Waals surface area contributed by atoms with Gasteiger partial charge in [-0.2, -0.15) is 0 Å². The van der Waals surface area contributed by atoms with Crippen molar-refractivity contribution in [3.8, 4) is 0 Å². The summed E-state index contributed by atoms with van der Waals surface area (Å²) < 4.78 is 0. The van der Waals surface area contributed by atoms with Crippen LogP contribution in [0.3, 0.4) is 0 Å². The molecule has 0 bridgehead atoms. The summed E-state index contributed by atoms with van der Waals surface area (Å²) in [5, 5.41) is 2.52. The average molecular weight is 338 g/mol. The van der Waals surface area contributed by atoms with Crippen LogP contribution in [0.5, 0.6) is 0 Å². The minimum atomic E-state index is 0.770. The Bertz CT molecular complexity index is 1000. The van der Waals surface area contributed by atoms with E-state index in [4.69, 9.17) is 5.73 Å². The van der Waals surface area contributed by atoms with Crippen molar-refractivity contribution in [1.82, 2.24) is 0 Å². The topological polar surface area (TPSA) is 29.3 Å². The zero-order valence-corrected chi connectivity index (χ0v) is 15.1. The molecular formula is C24H22N2. The SMILES string of the molecule is Cc1ccc(N(c2ccc(N)cc2)c2ccc(C)c3ccccc23)cc1. The van der Waals surface area contributed by atoms with Gasteiger partial charge in [-0.15, -0.1) is 0 Å². The normalized spacial score (nSPS) is 10.8. The molecule has 0 aromatic heterocycles. The van der Waals surface area contributed by atoms with Gasteiger partial charge in [0, 0.05) is 22.4 Å². The Kier molecular flexibility index (Phi) is 4.10. The average Bonchev–Trinajstić information content (AvgIpc) is 2.67. The number of hydrogen-bond donors (Lipinski definition) is 1. The van der Waals surface area contributed by atoms with Crippen LogP contribution in [0.1, 0.15) is 11.1 Å². The predicted molar refractivity (Wildman–Crippen MR) is 113 cm³/mol. The molecule has 0 amide bonds. The number of benzene rings is 4. The van der Waals surface area contributed by atoms with Gasteiger partial charge in [-0.3, -0.25) is 0 Å². The first-order chi connectivity index (χ1) is 12.6. The van der Waals surface area contributed by atoms with Crippen molar-refractivity contribution in [2.75, 3.05) is 10.6 Å². The second kappa shape index (κ2) is 6.57. The molecule has 0 saturated heterocycles. The molecule has 0 aliphatic rings. The second-order valence-electron chi connectivity index (χ2n) is 6.71. The van der Waals surface area contributed by atoms with Crippen molar-refractivity contribution in [2.24, 2.45) is 0 Å². The lowest BCUT2D eigenvalue weighted by Crippen LogP contribution is -2.10. The van der Waals surface area contributed by atoms with Crippen molar-refractivity contribution in [3.63, 3.8) is 0 Å². The fourth-order valence-corrected chi connectivity index (χ4v) is 3.37. The number of anilines is 4. The molecular weight excluding hydrogens is 316 g/mol. The minimum absolute atomic E-state index is 0.770. The monoisotopic (exact) mass is 338 g/mol. The maximum atomic E-state index is 5.92. The highest BCUT2D eigenvalue weighted by molar-refractivity contribution is 6.00. The molecule has 2 N–H and O–H groups in total. The number of nitrogens with two attached hydrogens (primary N) is 1. The number of hydrogen-bond acceptors (Lipinski definition) is 2. The van der Waals surface area contributed by atoms with Crippen molar-refractivity contribution < 1.29 is 0 Å². The molecule has 0 saturated carbocycles. The van der Waals surface area contributed by atoms with Crippen LogP contribution in [0.2, 0.25) is 0 Å². The Morgan fingerprint density at radius 2 is 1.19 bits per heavy atom. The third-order valence-corrected chi connectivity index (χ3v) is 4.80. The van der Waals surface area contributed by atoms with E-state index in [0.29, 0.717) is 0 Å². The smallest absolute Gasteiger partial charge is 0.0540 e. The molecule has 0 fully saturated rings. The maximum Gasteiger partial charge on any atom is 0.0540 e. The Balaban J connectivity index is 1.98. The Labute approximate surface area is 154 Å². The summed E-state index contributed by atoms with van der Waals surface area (Å²) in [6.07, 6.45) is 0. The molecule has 0 heterocycles. The largest absolute Gasteiger partial charge is 0.399 e. The lowest BCUT2D eigenvalue weighted by molar-refractivity contribution is 1.28. The van der Waals surface area contributed by atoms with Gasteiger partial charge in [-0.1, -0.05) is 48.0 Å². The summed E-state index contributed by atoms with van der Waals surface area (Å²) in [6.45, 7) is 4.27.